The Morgan fingerprint density at radius 1 is 1.26 bits per heavy atom. The first kappa shape index (κ1) is 12.3. The van der Waals surface area contributed by atoms with Gasteiger partial charge in [-0.3, -0.25) is 4.68 Å². The highest BCUT2D eigenvalue weighted by molar-refractivity contribution is 5.48. The van der Waals surface area contributed by atoms with Crippen LogP contribution < -0.4 is 5.32 Å². The highest BCUT2D eigenvalue weighted by Gasteiger charge is 2.19. The van der Waals surface area contributed by atoms with Gasteiger partial charge in [-0.15, -0.1) is 0 Å². The summed E-state index contributed by atoms with van der Waals surface area (Å²) in [5.41, 5.74) is 1.06. The second-order valence-electron chi connectivity index (χ2n) is 5.40. The molecule has 0 spiro atoms. The van der Waals surface area contributed by atoms with E-state index in [2.05, 4.69) is 26.2 Å². The number of nitrogens with zero attached hydrogens (tertiary/aromatic N) is 4. The van der Waals surface area contributed by atoms with Gasteiger partial charge in [0.05, 0.1) is 5.69 Å². The van der Waals surface area contributed by atoms with Gasteiger partial charge in [-0.2, -0.15) is 5.10 Å². The Bertz CT molecular complexity index is 548. The number of anilines is 2. The van der Waals surface area contributed by atoms with Crippen LogP contribution in [0, 0.1) is 6.92 Å². The number of hydrogen-bond donors (Lipinski definition) is 1. The highest BCUT2D eigenvalue weighted by atomic mass is 15.3. The summed E-state index contributed by atoms with van der Waals surface area (Å²) in [5.74, 6) is 1.77. The third-order valence-electron chi connectivity index (χ3n) is 3.77. The molecule has 0 amide bonds. The number of hydrogen-bond acceptors (Lipinski definition) is 3. The summed E-state index contributed by atoms with van der Waals surface area (Å²) in [6, 6.07) is 2.55. The predicted octanol–water partition coefficient (Wildman–Crippen LogP) is 3.17. The maximum Gasteiger partial charge on any atom is 0.209 e. The summed E-state index contributed by atoms with van der Waals surface area (Å²) in [4.78, 5) is 4.59. The third kappa shape index (κ3) is 2.64. The number of aryl methyl sites for hydroxylation is 2. The van der Waals surface area contributed by atoms with Crippen LogP contribution in [-0.2, 0) is 7.05 Å². The monoisotopic (exact) mass is 259 g/mol. The molecule has 5 heteroatoms. The Hall–Kier alpha value is -1.78. The van der Waals surface area contributed by atoms with E-state index >= 15 is 0 Å². The molecule has 0 saturated heterocycles. The SMILES string of the molecule is Cc1cn(C2CCCCC2)c(Nc2ccn(C)n2)n1. The van der Waals surface area contributed by atoms with E-state index in [4.69, 9.17) is 0 Å². The van der Waals surface area contributed by atoms with Gasteiger partial charge in [-0.05, 0) is 19.8 Å². The Labute approximate surface area is 113 Å². The molecule has 102 valence electrons. The highest BCUT2D eigenvalue weighted by Crippen LogP contribution is 2.31. The summed E-state index contributed by atoms with van der Waals surface area (Å²) in [5, 5.41) is 7.69. The number of aromatic nitrogens is 4. The van der Waals surface area contributed by atoms with Crippen LogP contribution in [0.1, 0.15) is 43.8 Å². The molecule has 1 aliphatic rings. The van der Waals surface area contributed by atoms with Gasteiger partial charge < -0.3 is 9.88 Å². The molecule has 19 heavy (non-hydrogen) atoms. The molecule has 1 aliphatic carbocycles. The molecule has 1 saturated carbocycles. The molecule has 0 bridgehead atoms. The Balaban J connectivity index is 1.84. The van der Waals surface area contributed by atoms with E-state index in [1.165, 1.54) is 32.1 Å². The van der Waals surface area contributed by atoms with Gasteiger partial charge in [0.2, 0.25) is 5.95 Å². The second kappa shape index (κ2) is 5.07. The summed E-state index contributed by atoms with van der Waals surface area (Å²) in [6.45, 7) is 2.04. The standard InChI is InChI=1S/C14H21N5/c1-11-10-19(12-6-4-3-5-7-12)14(15-11)16-13-8-9-18(2)17-13/h8-10,12H,3-7H2,1-2H3,(H,15,16,17). The molecular formula is C14H21N5. The number of rotatable bonds is 3. The molecule has 1 N–H and O–H groups in total. The van der Waals surface area contributed by atoms with E-state index in [-0.39, 0.29) is 0 Å². The van der Waals surface area contributed by atoms with Crippen LogP contribution in [0.2, 0.25) is 0 Å². The van der Waals surface area contributed by atoms with E-state index in [0.717, 1.165) is 17.5 Å². The maximum absolute atomic E-state index is 4.59. The van der Waals surface area contributed by atoms with Gasteiger partial charge in [0.25, 0.3) is 0 Å². The summed E-state index contributed by atoms with van der Waals surface area (Å²) >= 11 is 0. The smallest absolute Gasteiger partial charge is 0.209 e. The molecule has 0 aliphatic heterocycles. The predicted molar refractivity (Wildman–Crippen MR) is 75.6 cm³/mol. The maximum atomic E-state index is 4.59. The number of imidazole rings is 1. The van der Waals surface area contributed by atoms with Crippen LogP contribution in [0.5, 0.6) is 0 Å². The van der Waals surface area contributed by atoms with Gasteiger partial charge >= 0.3 is 0 Å². The van der Waals surface area contributed by atoms with Gasteiger partial charge in [0.1, 0.15) is 0 Å². The fourth-order valence-electron chi connectivity index (χ4n) is 2.84. The van der Waals surface area contributed by atoms with Crippen molar-refractivity contribution in [1.29, 1.82) is 0 Å². The number of nitrogens with one attached hydrogen (secondary N) is 1. The van der Waals surface area contributed by atoms with E-state index in [9.17, 15) is 0 Å². The van der Waals surface area contributed by atoms with Gasteiger partial charge in [-0.25, -0.2) is 4.98 Å². The Morgan fingerprint density at radius 3 is 2.74 bits per heavy atom. The minimum absolute atomic E-state index is 0.584. The van der Waals surface area contributed by atoms with Gasteiger partial charge in [0.15, 0.2) is 5.82 Å². The molecule has 0 radical (unpaired) electrons. The van der Waals surface area contributed by atoms with Crippen molar-refractivity contribution in [3.63, 3.8) is 0 Å². The third-order valence-corrected chi connectivity index (χ3v) is 3.77. The lowest BCUT2D eigenvalue weighted by Crippen LogP contribution is -2.14. The zero-order chi connectivity index (χ0) is 13.2. The zero-order valence-electron chi connectivity index (χ0n) is 11.6. The molecular weight excluding hydrogens is 238 g/mol. The summed E-state index contributed by atoms with van der Waals surface area (Å²) < 4.78 is 4.09. The molecule has 3 rings (SSSR count). The van der Waals surface area contributed by atoms with Crippen molar-refractivity contribution in [2.24, 2.45) is 7.05 Å². The second-order valence-corrected chi connectivity index (χ2v) is 5.40. The lowest BCUT2D eigenvalue weighted by Gasteiger charge is -2.24. The van der Waals surface area contributed by atoms with E-state index < -0.39 is 0 Å². The van der Waals surface area contributed by atoms with Crippen LogP contribution in [-0.4, -0.2) is 19.3 Å². The molecule has 2 aromatic heterocycles. The van der Waals surface area contributed by atoms with E-state index in [0.29, 0.717) is 6.04 Å². The van der Waals surface area contributed by atoms with E-state index in [1.54, 1.807) is 4.68 Å². The lowest BCUT2D eigenvalue weighted by atomic mass is 9.95. The fourth-order valence-corrected chi connectivity index (χ4v) is 2.84. The van der Waals surface area contributed by atoms with Crippen molar-refractivity contribution in [1.82, 2.24) is 19.3 Å². The van der Waals surface area contributed by atoms with Gasteiger partial charge in [-0.1, -0.05) is 19.3 Å². The minimum Gasteiger partial charge on any atom is -0.314 e. The Morgan fingerprint density at radius 2 is 2.05 bits per heavy atom. The normalized spacial score (nSPS) is 16.7. The van der Waals surface area contributed by atoms with Crippen LogP contribution in [0.25, 0.3) is 0 Å². The molecule has 2 heterocycles. The molecule has 1 fully saturated rings. The molecule has 5 nitrogen and oxygen atoms in total. The largest absolute Gasteiger partial charge is 0.314 e. The quantitative estimate of drug-likeness (QED) is 0.921. The summed E-state index contributed by atoms with van der Waals surface area (Å²) in [6.07, 6.45) is 10.6. The van der Waals surface area contributed by atoms with Crippen molar-refractivity contribution in [2.75, 3.05) is 5.32 Å². The van der Waals surface area contributed by atoms with Gasteiger partial charge in [0, 0.05) is 31.5 Å². The van der Waals surface area contributed by atoms with Crippen molar-refractivity contribution >= 4 is 11.8 Å². The first-order chi connectivity index (χ1) is 9.22. The summed E-state index contributed by atoms with van der Waals surface area (Å²) in [7, 11) is 1.92. The first-order valence-electron chi connectivity index (χ1n) is 7.04. The van der Waals surface area contributed by atoms with Crippen molar-refractivity contribution < 1.29 is 0 Å². The van der Waals surface area contributed by atoms with Crippen molar-refractivity contribution in [2.45, 2.75) is 45.1 Å². The van der Waals surface area contributed by atoms with Crippen LogP contribution >= 0.6 is 0 Å². The lowest BCUT2D eigenvalue weighted by molar-refractivity contribution is 0.356. The minimum atomic E-state index is 0.584. The van der Waals surface area contributed by atoms with Crippen LogP contribution in [0.3, 0.4) is 0 Å². The average Bonchev–Trinajstić information content (AvgIpc) is 2.97. The Kier molecular flexibility index (Phi) is 3.27. The first-order valence-corrected chi connectivity index (χ1v) is 7.04. The molecule has 2 aromatic rings. The van der Waals surface area contributed by atoms with Crippen LogP contribution in [0.4, 0.5) is 11.8 Å². The topological polar surface area (TPSA) is 47.7 Å². The molecule has 0 unspecified atom stereocenters. The fraction of sp³-hybridized carbons (Fsp3) is 0.571. The van der Waals surface area contributed by atoms with Crippen molar-refractivity contribution in [3.05, 3.63) is 24.2 Å². The van der Waals surface area contributed by atoms with Crippen LogP contribution in [0.15, 0.2) is 18.5 Å². The molecule has 0 aromatic carbocycles. The van der Waals surface area contributed by atoms with Crippen molar-refractivity contribution in [3.8, 4) is 0 Å². The zero-order valence-corrected chi connectivity index (χ0v) is 11.6. The van der Waals surface area contributed by atoms with E-state index in [1.807, 2.05) is 26.2 Å². The average molecular weight is 259 g/mol. The molecule has 0 atom stereocenters.